The van der Waals surface area contributed by atoms with E-state index in [1.807, 2.05) is 6.07 Å². The Hall–Kier alpha value is -2.01. The fourth-order valence-electron chi connectivity index (χ4n) is 2.05. The van der Waals surface area contributed by atoms with Gasteiger partial charge in [0, 0.05) is 17.0 Å². The number of aromatic nitrogens is 1. The molecule has 0 unspecified atom stereocenters. The fraction of sp³-hybridized carbons (Fsp3) is 0.286. The van der Waals surface area contributed by atoms with Crippen molar-refractivity contribution >= 4 is 41.2 Å². The minimum Gasteiger partial charge on any atom is -0.443 e. The van der Waals surface area contributed by atoms with Crippen LogP contribution >= 0.6 is 11.6 Å². The number of carbonyl (C=O) groups is 1. The summed E-state index contributed by atoms with van der Waals surface area (Å²) in [6.45, 7) is 5.13. The van der Waals surface area contributed by atoms with Gasteiger partial charge in [0.1, 0.15) is 11.7 Å². The van der Waals surface area contributed by atoms with E-state index < -0.39 is 18.8 Å². The number of fused-ring (bicyclic) bond motifs is 1. The molecule has 114 valence electrons. The van der Waals surface area contributed by atoms with E-state index >= 15 is 0 Å². The fourth-order valence-corrected chi connectivity index (χ4v) is 2.35. The molecule has 0 aliphatic heterocycles. The van der Waals surface area contributed by atoms with Crippen LogP contribution in [0.4, 0.5) is 4.79 Å². The summed E-state index contributed by atoms with van der Waals surface area (Å²) in [6.07, 6.45) is 0.526. The van der Waals surface area contributed by atoms with Gasteiger partial charge < -0.3 is 14.8 Å². The number of rotatable bonds is 1. The van der Waals surface area contributed by atoms with Crippen LogP contribution in [0, 0.1) is 11.3 Å². The lowest BCUT2D eigenvalue weighted by Crippen LogP contribution is -2.30. The van der Waals surface area contributed by atoms with Crippen molar-refractivity contribution in [1.29, 1.82) is 5.26 Å². The normalized spacial score (nSPS) is 11.3. The molecule has 2 rings (SSSR count). The van der Waals surface area contributed by atoms with Crippen molar-refractivity contribution in [1.82, 2.24) is 4.57 Å². The molecular formula is C14H14BClN2O4. The van der Waals surface area contributed by atoms with Crippen LogP contribution in [0.2, 0.25) is 5.02 Å². The first-order valence-electron chi connectivity index (χ1n) is 6.48. The summed E-state index contributed by atoms with van der Waals surface area (Å²) in [5.41, 5.74) is -0.244. The smallest absolute Gasteiger partial charge is 0.443 e. The maximum Gasteiger partial charge on any atom is 0.490 e. The van der Waals surface area contributed by atoms with Crippen LogP contribution in [0.5, 0.6) is 0 Å². The second kappa shape index (κ2) is 5.65. The summed E-state index contributed by atoms with van der Waals surface area (Å²) in [7, 11) is -1.78. The molecule has 1 heterocycles. The quantitative estimate of drug-likeness (QED) is 0.779. The largest absolute Gasteiger partial charge is 0.490 e. The highest BCUT2D eigenvalue weighted by atomic mass is 35.5. The minimum atomic E-state index is -1.78. The predicted molar refractivity (Wildman–Crippen MR) is 83.1 cm³/mol. The lowest BCUT2D eigenvalue weighted by molar-refractivity contribution is 0.0544. The van der Waals surface area contributed by atoms with E-state index in [2.05, 4.69) is 0 Å². The number of halogens is 1. The molecule has 0 bridgehead atoms. The van der Waals surface area contributed by atoms with Gasteiger partial charge in [-0.25, -0.2) is 4.79 Å². The molecule has 0 saturated heterocycles. The number of hydrogen-bond acceptors (Lipinski definition) is 5. The molecule has 0 amide bonds. The molecule has 0 radical (unpaired) electrons. The van der Waals surface area contributed by atoms with Crippen LogP contribution in [0.1, 0.15) is 26.3 Å². The van der Waals surface area contributed by atoms with Gasteiger partial charge in [0.05, 0.1) is 16.1 Å². The Morgan fingerprint density at radius 3 is 2.55 bits per heavy atom. The van der Waals surface area contributed by atoms with Crippen molar-refractivity contribution in [3.63, 3.8) is 0 Å². The van der Waals surface area contributed by atoms with Gasteiger partial charge in [0.15, 0.2) is 0 Å². The first-order chi connectivity index (χ1) is 10.2. The molecule has 1 aromatic heterocycles. The van der Waals surface area contributed by atoms with E-state index in [0.29, 0.717) is 5.39 Å². The van der Waals surface area contributed by atoms with Crippen molar-refractivity contribution in [2.75, 3.05) is 0 Å². The van der Waals surface area contributed by atoms with Gasteiger partial charge in [-0.1, -0.05) is 17.7 Å². The molecule has 2 aromatic rings. The molecule has 0 fully saturated rings. The van der Waals surface area contributed by atoms with Crippen molar-refractivity contribution in [3.05, 3.63) is 28.9 Å². The number of carbonyl (C=O) groups excluding carboxylic acids is 1. The lowest BCUT2D eigenvalue weighted by atomic mass is 9.80. The summed E-state index contributed by atoms with van der Waals surface area (Å²) in [5, 5.41) is 28.4. The molecule has 0 saturated carbocycles. The average molecular weight is 321 g/mol. The molecule has 0 spiro atoms. The second-order valence-electron chi connectivity index (χ2n) is 5.74. The van der Waals surface area contributed by atoms with Crippen LogP contribution < -0.4 is 5.46 Å². The summed E-state index contributed by atoms with van der Waals surface area (Å²) < 4.78 is 6.35. The number of hydrogen-bond donors (Lipinski definition) is 2. The highest BCUT2D eigenvalue weighted by Gasteiger charge is 2.26. The highest BCUT2D eigenvalue weighted by molar-refractivity contribution is 6.62. The first-order valence-corrected chi connectivity index (χ1v) is 6.86. The monoisotopic (exact) mass is 320 g/mol. The zero-order valence-electron chi connectivity index (χ0n) is 12.3. The minimum absolute atomic E-state index is 0.0535. The number of benzene rings is 1. The van der Waals surface area contributed by atoms with Gasteiger partial charge in [-0.3, -0.25) is 4.57 Å². The summed E-state index contributed by atoms with van der Waals surface area (Å²) >= 11 is 6.17. The highest BCUT2D eigenvalue weighted by Crippen LogP contribution is 2.28. The molecule has 2 N–H and O–H groups in total. The van der Waals surface area contributed by atoms with Gasteiger partial charge in [0.2, 0.25) is 0 Å². The third-order valence-electron chi connectivity index (χ3n) is 2.93. The van der Waals surface area contributed by atoms with Crippen LogP contribution in [0.15, 0.2) is 18.3 Å². The van der Waals surface area contributed by atoms with Crippen molar-refractivity contribution < 1.29 is 19.6 Å². The molecule has 6 nitrogen and oxygen atoms in total. The Labute approximate surface area is 132 Å². The number of nitrogens with zero attached hydrogens (tertiary/aromatic N) is 2. The second-order valence-corrected chi connectivity index (χ2v) is 6.12. The standard InChI is InChI=1S/C14H14BClN2O4/c1-14(2,3)22-13(19)18-7-10(15(20)21)9-5-4-8(6-17)11(16)12(9)18/h4-5,7,20-21H,1-3H3. The topological polar surface area (TPSA) is 95.5 Å². The van der Waals surface area contributed by atoms with Crippen molar-refractivity contribution in [3.8, 4) is 6.07 Å². The average Bonchev–Trinajstić information content (AvgIpc) is 2.77. The summed E-state index contributed by atoms with van der Waals surface area (Å²) in [5.74, 6) is 0. The Bertz CT molecular complexity index is 787. The van der Waals surface area contributed by atoms with E-state index in [1.165, 1.54) is 18.3 Å². The predicted octanol–water partition coefficient (Wildman–Crippen LogP) is 1.63. The number of nitriles is 1. The zero-order valence-corrected chi connectivity index (χ0v) is 13.0. The van der Waals surface area contributed by atoms with Gasteiger partial charge in [-0.2, -0.15) is 5.26 Å². The third-order valence-corrected chi connectivity index (χ3v) is 3.31. The Morgan fingerprint density at radius 1 is 1.41 bits per heavy atom. The van der Waals surface area contributed by atoms with Gasteiger partial charge >= 0.3 is 13.2 Å². The van der Waals surface area contributed by atoms with Crippen LogP contribution in [0.25, 0.3) is 10.9 Å². The Morgan fingerprint density at radius 2 is 2.05 bits per heavy atom. The van der Waals surface area contributed by atoms with Crippen LogP contribution in [-0.2, 0) is 4.74 Å². The molecule has 8 heteroatoms. The van der Waals surface area contributed by atoms with E-state index in [0.717, 1.165) is 4.57 Å². The Balaban J connectivity index is 2.73. The maximum atomic E-state index is 12.3. The summed E-state index contributed by atoms with van der Waals surface area (Å²) in [4.78, 5) is 12.3. The first kappa shape index (κ1) is 16.4. The zero-order chi connectivity index (χ0) is 16.7. The van der Waals surface area contributed by atoms with Gasteiger partial charge in [-0.05, 0) is 26.8 Å². The lowest BCUT2D eigenvalue weighted by Gasteiger charge is -2.20. The molecular weight excluding hydrogens is 306 g/mol. The van der Waals surface area contributed by atoms with E-state index in [1.54, 1.807) is 20.8 Å². The molecule has 0 aliphatic rings. The van der Waals surface area contributed by atoms with Crippen LogP contribution in [0.3, 0.4) is 0 Å². The number of ether oxygens (including phenoxy) is 1. The maximum absolute atomic E-state index is 12.3. The van der Waals surface area contributed by atoms with Crippen LogP contribution in [-0.4, -0.2) is 33.4 Å². The third kappa shape index (κ3) is 2.95. The van der Waals surface area contributed by atoms with Crippen molar-refractivity contribution in [2.45, 2.75) is 26.4 Å². The van der Waals surface area contributed by atoms with E-state index in [4.69, 9.17) is 21.6 Å². The van der Waals surface area contributed by atoms with Gasteiger partial charge in [0.25, 0.3) is 0 Å². The molecule has 22 heavy (non-hydrogen) atoms. The van der Waals surface area contributed by atoms with E-state index in [-0.39, 0.29) is 21.6 Å². The molecule has 0 aliphatic carbocycles. The molecule has 0 atom stereocenters. The Kier molecular flexibility index (Phi) is 4.20. The molecule has 1 aromatic carbocycles. The summed E-state index contributed by atoms with van der Waals surface area (Å²) in [6, 6.07) is 4.88. The van der Waals surface area contributed by atoms with Crippen molar-refractivity contribution in [2.24, 2.45) is 0 Å². The van der Waals surface area contributed by atoms with Gasteiger partial charge in [-0.15, -0.1) is 0 Å². The van der Waals surface area contributed by atoms with E-state index in [9.17, 15) is 14.8 Å². The SMILES string of the molecule is CC(C)(C)OC(=O)n1cc(B(O)O)c2ccc(C#N)c(Cl)c21.